The summed E-state index contributed by atoms with van der Waals surface area (Å²) in [5.74, 6) is -1.84. The van der Waals surface area contributed by atoms with Crippen molar-refractivity contribution in [3.63, 3.8) is 0 Å². The first-order chi connectivity index (χ1) is 15.1. The first kappa shape index (κ1) is 23.8. The van der Waals surface area contributed by atoms with Crippen molar-refractivity contribution in [2.45, 2.75) is 64.4 Å². The lowest BCUT2D eigenvalue weighted by atomic mass is 9.97. The molecule has 32 heavy (non-hydrogen) atoms. The van der Waals surface area contributed by atoms with E-state index in [1.807, 2.05) is 26.0 Å². The van der Waals surface area contributed by atoms with Crippen molar-refractivity contribution < 1.29 is 23.8 Å². The molecule has 3 rings (SSSR count). The van der Waals surface area contributed by atoms with Gasteiger partial charge in [0.1, 0.15) is 5.82 Å². The lowest BCUT2D eigenvalue weighted by Crippen LogP contribution is -2.45. The minimum atomic E-state index is -1.16. The second-order valence-corrected chi connectivity index (χ2v) is 8.57. The average Bonchev–Trinajstić information content (AvgIpc) is 2.70. The molecule has 0 spiro atoms. The summed E-state index contributed by atoms with van der Waals surface area (Å²) in [5, 5.41) is 14.1. The van der Waals surface area contributed by atoms with E-state index in [0.29, 0.717) is 18.1 Å². The molecule has 1 aromatic heterocycles. The van der Waals surface area contributed by atoms with E-state index in [9.17, 15) is 14.3 Å². The van der Waals surface area contributed by atoms with E-state index in [0.717, 1.165) is 16.8 Å². The number of hydrogen-bond acceptors (Lipinski definition) is 7. The van der Waals surface area contributed by atoms with Crippen LogP contribution >= 0.6 is 0 Å². The first-order valence-corrected chi connectivity index (χ1v) is 10.7. The number of rotatable bonds is 7. The van der Waals surface area contributed by atoms with Crippen LogP contribution in [0.15, 0.2) is 30.3 Å². The van der Waals surface area contributed by atoms with Gasteiger partial charge in [-0.1, -0.05) is 26.0 Å². The van der Waals surface area contributed by atoms with Gasteiger partial charge in [0.25, 0.3) is 0 Å². The van der Waals surface area contributed by atoms with Gasteiger partial charge in [-0.2, -0.15) is 0 Å². The van der Waals surface area contributed by atoms with Gasteiger partial charge in [0.05, 0.1) is 23.6 Å². The molecule has 0 unspecified atom stereocenters. The van der Waals surface area contributed by atoms with E-state index in [1.54, 1.807) is 33.0 Å². The Hall–Kier alpha value is -2.84. The summed E-state index contributed by atoms with van der Waals surface area (Å²) in [4.78, 5) is 20.3. The van der Waals surface area contributed by atoms with Crippen LogP contribution in [0.2, 0.25) is 0 Å². The lowest BCUT2D eigenvalue weighted by Gasteiger charge is -2.40. The van der Waals surface area contributed by atoms with E-state index < -0.39 is 17.9 Å². The third kappa shape index (κ3) is 5.89. The summed E-state index contributed by atoms with van der Waals surface area (Å²) < 4.78 is 25.2. The number of carbonyl (C=O) groups is 1. The van der Waals surface area contributed by atoms with Crippen molar-refractivity contribution in [2.75, 3.05) is 12.4 Å². The quantitative estimate of drug-likeness (QED) is 0.701. The number of halogens is 1. The molecular formula is C24H29FN3O4-. The highest BCUT2D eigenvalue weighted by molar-refractivity contribution is 5.74. The molecule has 0 aliphatic carbocycles. The summed E-state index contributed by atoms with van der Waals surface area (Å²) in [6, 6.07) is 6.16. The van der Waals surface area contributed by atoms with E-state index in [1.165, 1.54) is 12.1 Å². The Kier molecular flexibility index (Phi) is 7.26. The summed E-state index contributed by atoms with van der Waals surface area (Å²) in [7, 11) is 1.75. The number of nitrogens with zero attached hydrogens (tertiary/aromatic N) is 2. The number of carboxylic acid groups (broad SMARTS) is 1. The van der Waals surface area contributed by atoms with Gasteiger partial charge in [-0.15, -0.1) is 0 Å². The molecule has 1 aromatic carbocycles. The first-order valence-electron chi connectivity index (χ1n) is 10.7. The van der Waals surface area contributed by atoms with Gasteiger partial charge < -0.3 is 24.7 Å². The predicted molar refractivity (Wildman–Crippen MR) is 118 cm³/mol. The molecule has 1 aliphatic rings. The Morgan fingerprint density at radius 2 is 1.97 bits per heavy atom. The number of anilines is 1. The Balaban J connectivity index is 2.02. The zero-order valence-electron chi connectivity index (χ0n) is 19.0. The molecule has 1 aliphatic heterocycles. The fraction of sp³-hybridized carbons (Fsp3) is 0.458. The molecule has 0 radical (unpaired) electrons. The summed E-state index contributed by atoms with van der Waals surface area (Å²) in [6.07, 6.45) is 3.08. The number of carboxylic acids is 1. The summed E-state index contributed by atoms with van der Waals surface area (Å²) in [6.45, 7) is 7.59. The van der Waals surface area contributed by atoms with Gasteiger partial charge in [0.2, 0.25) is 5.95 Å². The molecule has 1 saturated heterocycles. The van der Waals surface area contributed by atoms with Crippen molar-refractivity contribution >= 4 is 18.0 Å². The Labute approximate surface area is 187 Å². The van der Waals surface area contributed by atoms with Gasteiger partial charge in [0, 0.05) is 37.0 Å². The Morgan fingerprint density at radius 3 is 2.56 bits per heavy atom. The van der Waals surface area contributed by atoms with Crippen LogP contribution in [0.5, 0.6) is 0 Å². The van der Waals surface area contributed by atoms with Crippen molar-refractivity contribution in [1.29, 1.82) is 0 Å². The largest absolute Gasteiger partial charge is 0.550 e. The third-order valence-electron chi connectivity index (χ3n) is 5.12. The van der Waals surface area contributed by atoms with E-state index in [-0.39, 0.29) is 24.3 Å². The molecule has 7 nitrogen and oxygen atoms in total. The van der Waals surface area contributed by atoms with Crippen molar-refractivity contribution in [2.24, 2.45) is 0 Å². The van der Waals surface area contributed by atoms with Crippen LogP contribution in [-0.2, 0) is 14.3 Å². The highest BCUT2D eigenvalue weighted by Crippen LogP contribution is 2.33. The average molecular weight is 443 g/mol. The smallest absolute Gasteiger partial charge is 0.223 e. The third-order valence-corrected chi connectivity index (χ3v) is 5.12. The molecule has 0 saturated carbocycles. The SMILES string of the molecule is CNc1nc(-c2ccc(F)cc2)c(/C=C/[C@@H]2C[C@H](CC(=O)[O-])OC(C)(C)O2)c(C(C)C)n1. The van der Waals surface area contributed by atoms with Crippen LogP contribution in [0, 0.1) is 5.82 Å². The standard InChI is InChI=1S/C24H30FN3O4/c1-14(2)21-19(11-10-17-12-18(13-20(29)30)32-24(3,4)31-17)22(28-23(26-5)27-21)15-6-8-16(25)9-7-15/h6-11,14,17-18H,12-13H2,1-5H3,(H,29,30)(H,26,27,28)/p-1/b11-10+/t17-,18-/m1/s1. The van der Waals surface area contributed by atoms with Crippen LogP contribution in [-0.4, -0.2) is 41.0 Å². The van der Waals surface area contributed by atoms with Gasteiger partial charge in [0.15, 0.2) is 5.79 Å². The van der Waals surface area contributed by atoms with Gasteiger partial charge >= 0.3 is 0 Å². The topological polar surface area (TPSA) is 96.4 Å². The van der Waals surface area contributed by atoms with Crippen LogP contribution in [0.25, 0.3) is 17.3 Å². The highest BCUT2D eigenvalue weighted by Gasteiger charge is 2.34. The number of hydrogen-bond donors (Lipinski definition) is 1. The minimum absolute atomic E-state index is 0.0989. The fourth-order valence-electron chi connectivity index (χ4n) is 3.81. The van der Waals surface area contributed by atoms with Gasteiger partial charge in [-0.05, 0) is 44.0 Å². The zero-order chi connectivity index (χ0) is 23.5. The Morgan fingerprint density at radius 1 is 1.28 bits per heavy atom. The molecule has 0 bridgehead atoms. The van der Waals surface area contributed by atoms with E-state index >= 15 is 0 Å². The van der Waals surface area contributed by atoms with E-state index in [2.05, 4.69) is 15.3 Å². The Bertz CT molecular complexity index is 989. The lowest BCUT2D eigenvalue weighted by molar-refractivity contribution is -0.320. The van der Waals surface area contributed by atoms with Gasteiger partial charge in [-0.3, -0.25) is 0 Å². The molecule has 2 heterocycles. The normalized spacial score (nSPS) is 20.6. The molecule has 172 valence electrons. The molecule has 8 heteroatoms. The molecule has 2 aromatic rings. The van der Waals surface area contributed by atoms with Crippen LogP contribution in [0.3, 0.4) is 0 Å². The van der Waals surface area contributed by atoms with Gasteiger partial charge in [-0.25, -0.2) is 14.4 Å². The maximum Gasteiger partial charge on any atom is 0.223 e. The van der Waals surface area contributed by atoms with E-state index in [4.69, 9.17) is 9.47 Å². The maximum atomic E-state index is 13.5. The minimum Gasteiger partial charge on any atom is -0.550 e. The predicted octanol–water partition coefficient (Wildman–Crippen LogP) is 3.51. The molecule has 2 atom stereocenters. The number of aromatic nitrogens is 2. The fourth-order valence-corrected chi connectivity index (χ4v) is 3.81. The highest BCUT2D eigenvalue weighted by atomic mass is 19.1. The molecule has 0 amide bonds. The molecule has 1 fully saturated rings. The number of nitrogens with one attached hydrogen (secondary N) is 1. The van der Waals surface area contributed by atoms with Crippen molar-refractivity contribution in [3.8, 4) is 11.3 Å². The second kappa shape index (κ2) is 9.75. The van der Waals surface area contributed by atoms with Crippen molar-refractivity contribution in [3.05, 3.63) is 47.4 Å². The molecule has 1 N–H and O–H groups in total. The number of benzene rings is 1. The number of carbonyl (C=O) groups excluding carboxylic acids is 1. The molecular weight excluding hydrogens is 413 g/mol. The van der Waals surface area contributed by atoms with Crippen LogP contribution < -0.4 is 10.4 Å². The second-order valence-electron chi connectivity index (χ2n) is 8.57. The monoisotopic (exact) mass is 442 g/mol. The number of aliphatic carboxylic acids is 1. The van der Waals surface area contributed by atoms with Crippen LogP contribution in [0.1, 0.15) is 57.7 Å². The summed E-state index contributed by atoms with van der Waals surface area (Å²) in [5.41, 5.74) is 3.06. The van der Waals surface area contributed by atoms with Crippen LogP contribution in [0.4, 0.5) is 10.3 Å². The number of ether oxygens (including phenoxy) is 2. The van der Waals surface area contributed by atoms with Crippen molar-refractivity contribution in [1.82, 2.24) is 9.97 Å². The maximum absolute atomic E-state index is 13.5. The zero-order valence-corrected chi connectivity index (χ0v) is 19.0. The summed E-state index contributed by atoms with van der Waals surface area (Å²) >= 11 is 0.